The summed E-state index contributed by atoms with van der Waals surface area (Å²) in [5.41, 5.74) is 1.18. The Balaban J connectivity index is 1.04. The van der Waals surface area contributed by atoms with Gasteiger partial charge in [-0.2, -0.15) is 0 Å². The Bertz CT molecular complexity index is 1100. The number of halogens is 1. The van der Waals surface area contributed by atoms with E-state index in [-0.39, 0.29) is 32.6 Å². The van der Waals surface area contributed by atoms with Crippen LogP contribution in [0.5, 0.6) is 23.0 Å². The van der Waals surface area contributed by atoms with E-state index in [0.717, 1.165) is 18.8 Å². The molecule has 190 valence electrons. The van der Waals surface area contributed by atoms with Crippen molar-refractivity contribution < 1.29 is 42.3 Å². The summed E-state index contributed by atoms with van der Waals surface area (Å²) in [6.07, 6.45) is 0.404. The Kier molecular flexibility index (Phi) is 8.14. The first-order chi connectivity index (χ1) is 17.7. The summed E-state index contributed by atoms with van der Waals surface area (Å²) in [5, 5.41) is 0. The van der Waals surface area contributed by atoms with Crippen molar-refractivity contribution in [3.8, 4) is 34.1 Å². The molecular formula is C27H27FO8. The molecule has 2 heterocycles. The van der Waals surface area contributed by atoms with E-state index in [0.29, 0.717) is 41.8 Å². The van der Waals surface area contributed by atoms with Gasteiger partial charge in [-0.25, -0.2) is 4.39 Å². The maximum absolute atomic E-state index is 14.7. The first-order valence-corrected chi connectivity index (χ1v) is 11.6. The Hall–Kier alpha value is -3.37. The molecule has 2 saturated heterocycles. The molecule has 9 heteroatoms. The molecule has 2 fully saturated rings. The van der Waals surface area contributed by atoms with Crippen molar-refractivity contribution in [2.24, 2.45) is 0 Å². The van der Waals surface area contributed by atoms with Gasteiger partial charge in [-0.15, -0.1) is 0 Å². The van der Waals surface area contributed by atoms with Gasteiger partial charge >= 0.3 is 0 Å². The van der Waals surface area contributed by atoms with Crippen LogP contribution >= 0.6 is 0 Å². The van der Waals surface area contributed by atoms with Gasteiger partial charge in [0.2, 0.25) is 6.79 Å². The van der Waals surface area contributed by atoms with Crippen LogP contribution in [0.4, 0.5) is 4.39 Å². The molecule has 2 atom stereocenters. The number of rotatable bonds is 15. The van der Waals surface area contributed by atoms with E-state index in [2.05, 4.69) is 0 Å². The third-order valence-corrected chi connectivity index (χ3v) is 5.41. The maximum Gasteiger partial charge on any atom is 0.230 e. The molecule has 8 nitrogen and oxygen atoms in total. The van der Waals surface area contributed by atoms with Crippen molar-refractivity contribution in [1.82, 2.24) is 0 Å². The molecule has 3 aromatic carbocycles. The fourth-order valence-corrected chi connectivity index (χ4v) is 3.26. The molecule has 0 bridgehead atoms. The second-order valence-electron chi connectivity index (χ2n) is 8.22. The summed E-state index contributed by atoms with van der Waals surface area (Å²) in [7, 11) is 0. The van der Waals surface area contributed by atoms with Crippen LogP contribution in [-0.4, -0.2) is 59.0 Å². The SMILES string of the molecule is Fc1cc(OCOc2ccc(OCOCC3CO3)cc2)ccc1-c1ccc(OCOCC2CO2)cc1. The summed E-state index contributed by atoms with van der Waals surface area (Å²) in [5.74, 6) is 1.87. The van der Waals surface area contributed by atoms with Crippen LogP contribution in [-0.2, 0) is 18.9 Å². The molecule has 0 aromatic heterocycles. The van der Waals surface area contributed by atoms with Crippen LogP contribution in [0.15, 0.2) is 66.7 Å². The summed E-state index contributed by atoms with van der Waals surface area (Å²) in [6, 6.07) is 18.9. The van der Waals surface area contributed by atoms with Gasteiger partial charge in [0, 0.05) is 11.6 Å². The lowest BCUT2D eigenvalue weighted by molar-refractivity contribution is 0.00806. The molecule has 0 aliphatic carbocycles. The van der Waals surface area contributed by atoms with Crippen molar-refractivity contribution in [3.63, 3.8) is 0 Å². The van der Waals surface area contributed by atoms with E-state index >= 15 is 0 Å². The zero-order valence-electron chi connectivity index (χ0n) is 19.6. The third kappa shape index (κ3) is 7.56. The molecule has 0 saturated carbocycles. The van der Waals surface area contributed by atoms with Gasteiger partial charge in [-0.3, -0.25) is 0 Å². The van der Waals surface area contributed by atoms with Gasteiger partial charge in [-0.05, 0) is 54.1 Å². The van der Waals surface area contributed by atoms with E-state index in [9.17, 15) is 4.39 Å². The van der Waals surface area contributed by atoms with Crippen LogP contribution < -0.4 is 18.9 Å². The quantitative estimate of drug-likeness (QED) is 0.173. The Morgan fingerprint density at radius 2 is 1.06 bits per heavy atom. The van der Waals surface area contributed by atoms with E-state index in [1.54, 1.807) is 60.7 Å². The number of hydrogen-bond acceptors (Lipinski definition) is 8. The summed E-state index contributed by atoms with van der Waals surface area (Å²) in [6.45, 7) is 2.80. The highest BCUT2D eigenvalue weighted by atomic mass is 19.1. The van der Waals surface area contributed by atoms with Crippen molar-refractivity contribution in [3.05, 3.63) is 72.5 Å². The topological polar surface area (TPSA) is 80.4 Å². The minimum atomic E-state index is -0.397. The highest BCUT2D eigenvalue weighted by molar-refractivity contribution is 5.65. The minimum Gasteiger partial charge on any atom is -0.468 e. The molecule has 5 rings (SSSR count). The molecule has 2 aliphatic heterocycles. The molecule has 2 aliphatic rings. The fourth-order valence-electron chi connectivity index (χ4n) is 3.26. The zero-order valence-corrected chi connectivity index (χ0v) is 19.6. The minimum absolute atomic E-state index is 0.0650. The average molecular weight is 499 g/mol. The molecule has 0 amide bonds. The number of ether oxygens (including phenoxy) is 8. The van der Waals surface area contributed by atoms with Gasteiger partial charge in [0.05, 0.1) is 26.4 Å². The molecule has 0 spiro atoms. The van der Waals surface area contributed by atoms with E-state index in [1.165, 1.54) is 6.07 Å². The first kappa shape index (κ1) is 24.3. The van der Waals surface area contributed by atoms with Gasteiger partial charge in [-0.1, -0.05) is 12.1 Å². The van der Waals surface area contributed by atoms with E-state index in [4.69, 9.17) is 37.9 Å². The van der Waals surface area contributed by atoms with Gasteiger partial charge in [0.25, 0.3) is 0 Å². The number of epoxide rings is 2. The Labute approximate surface area is 208 Å². The number of benzene rings is 3. The lowest BCUT2D eigenvalue weighted by Gasteiger charge is -2.11. The van der Waals surface area contributed by atoms with E-state index in [1.807, 2.05) is 0 Å². The predicted octanol–water partition coefficient (Wildman–Crippen LogP) is 4.41. The molecule has 3 aromatic rings. The lowest BCUT2D eigenvalue weighted by atomic mass is 10.0. The smallest absolute Gasteiger partial charge is 0.230 e. The van der Waals surface area contributed by atoms with Crippen LogP contribution in [0, 0.1) is 5.82 Å². The lowest BCUT2D eigenvalue weighted by Crippen LogP contribution is -2.08. The van der Waals surface area contributed by atoms with Crippen LogP contribution in [0.3, 0.4) is 0 Å². The largest absolute Gasteiger partial charge is 0.468 e. The Morgan fingerprint density at radius 3 is 1.56 bits per heavy atom. The average Bonchev–Trinajstić information content (AvgIpc) is 3.82. The van der Waals surface area contributed by atoms with Crippen LogP contribution in [0.2, 0.25) is 0 Å². The second kappa shape index (κ2) is 12.0. The normalized spacial score (nSPS) is 17.9. The fraction of sp³-hybridized carbons (Fsp3) is 0.333. The third-order valence-electron chi connectivity index (χ3n) is 5.41. The molecular weight excluding hydrogens is 471 g/mol. The summed E-state index contributed by atoms with van der Waals surface area (Å²) in [4.78, 5) is 0. The second-order valence-corrected chi connectivity index (χ2v) is 8.22. The summed E-state index contributed by atoms with van der Waals surface area (Å²) >= 11 is 0. The number of hydrogen-bond donors (Lipinski definition) is 0. The first-order valence-electron chi connectivity index (χ1n) is 11.6. The van der Waals surface area contributed by atoms with Crippen molar-refractivity contribution >= 4 is 0 Å². The molecule has 2 unspecified atom stereocenters. The monoisotopic (exact) mass is 498 g/mol. The Morgan fingerprint density at radius 1 is 0.611 bits per heavy atom. The standard InChI is InChI=1S/C27H27FO8/c28-27-11-23(36-18-35-22-7-5-21(6-8-22)34-17-30-13-25-15-32-25)9-10-26(27)19-1-3-20(4-2-19)33-16-29-12-24-14-31-24/h1-11,24-25H,12-18H2. The molecule has 0 N–H and O–H groups in total. The van der Waals surface area contributed by atoms with Gasteiger partial charge < -0.3 is 37.9 Å². The van der Waals surface area contributed by atoms with E-state index < -0.39 is 5.82 Å². The van der Waals surface area contributed by atoms with Gasteiger partial charge in [0.1, 0.15) is 41.0 Å². The zero-order chi connectivity index (χ0) is 24.6. The van der Waals surface area contributed by atoms with Crippen LogP contribution in [0.25, 0.3) is 11.1 Å². The van der Waals surface area contributed by atoms with Gasteiger partial charge in [0.15, 0.2) is 13.6 Å². The highest BCUT2D eigenvalue weighted by Gasteiger charge is 2.22. The highest BCUT2D eigenvalue weighted by Crippen LogP contribution is 2.28. The maximum atomic E-state index is 14.7. The molecule has 0 radical (unpaired) electrons. The van der Waals surface area contributed by atoms with Crippen LogP contribution in [0.1, 0.15) is 0 Å². The predicted molar refractivity (Wildman–Crippen MR) is 127 cm³/mol. The van der Waals surface area contributed by atoms with Crippen molar-refractivity contribution in [2.75, 3.05) is 46.8 Å². The molecule has 36 heavy (non-hydrogen) atoms. The summed E-state index contributed by atoms with van der Waals surface area (Å²) < 4.78 is 57.7. The van der Waals surface area contributed by atoms with Crippen molar-refractivity contribution in [2.45, 2.75) is 12.2 Å². The van der Waals surface area contributed by atoms with Crippen molar-refractivity contribution in [1.29, 1.82) is 0 Å².